The number of piperidine rings is 1. The minimum Gasteiger partial charge on any atom is -0.497 e. The van der Waals surface area contributed by atoms with Gasteiger partial charge in [0.2, 0.25) is 11.8 Å². The second-order valence-electron chi connectivity index (χ2n) is 10.5. The molecule has 0 radical (unpaired) electrons. The van der Waals surface area contributed by atoms with Crippen molar-refractivity contribution in [3.05, 3.63) is 96.1 Å². The first-order valence-corrected chi connectivity index (χ1v) is 13.8. The van der Waals surface area contributed by atoms with Gasteiger partial charge in [-0.15, -0.1) is 0 Å². The molecule has 208 valence electrons. The lowest BCUT2D eigenvalue weighted by Gasteiger charge is -2.43. The minimum atomic E-state index is -0.788. The van der Waals surface area contributed by atoms with E-state index in [9.17, 15) is 14.4 Å². The third kappa shape index (κ3) is 5.66. The van der Waals surface area contributed by atoms with Gasteiger partial charge >= 0.3 is 0 Å². The molecule has 8 heteroatoms. The second-order valence-corrected chi connectivity index (χ2v) is 10.5. The van der Waals surface area contributed by atoms with E-state index < -0.39 is 5.54 Å². The van der Waals surface area contributed by atoms with Crippen molar-refractivity contribution in [2.24, 2.45) is 0 Å². The van der Waals surface area contributed by atoms with E-state index >= 15 is 0 Å². The smallest absolute Gasteiger partial charge is 0.250 e. The van der Waals surface area contributed by atoms with Gasteiger partial charge in [-0.2, -0.15) is 0 Å². The number of amides is 3. The lowest BCUT2D eigenvalue weighted by molar-refractivity contribution is -0.139. The standard InChI is InChI=1S/C32H36N4O4/c1-24(26-9-5-3-6-10-26)33-29(37)22-35-23-36(27-11-7-4-8-12-27)32(31(35)39)17-19-34(20-18-32)30(38)21-25-13-15-28(40-2)16-14-25/h3-16,24H,17-23H2,1-2H3,(H,33,37). The molecule has 0 aliphatic carbocycles. The number of rotatable bonds is 8. The van der Waals surface area contributed by atoms with Crippen LogP contribution in [0, 0.1) is 0 Å². The summed E-state index contributed by atoms with van der Waals surface area (Å²) in [5, 5.41) is 3.03. The maximum Gasteiger partial charge on any atom is 0.250 e. The average Bonchev–Trinajstić information content (AvgIpc) is 3.24. The zero-order chi connectivity index (χ0) is 28.1. The van der Waals surface area contributed by atoms with Crippen LogP contribution in [0.4, 0.5) is 5.69 Å². The first kappa shape index (κ1) is 27.2. The van der Waals surface area contributed by atoms with Crippen molar-refractivity contribution in [3.63, 3.8) is 0 Å². The van der Waals surface area contributed by atoms with Crippen molar-refractivity contribution >= 4 is 23.4 Å². The number of methoxy groups -OCH3 is 1. The highest BCUT2D eigenvalue weighted by atomic mass is 16.5. The molecule has 2 saturated heterocycles. The molecule has 0 saturated carbocycles. The van der Waals surface area contributed by atoms with E-state index in [0.717, 1.165) is 22.6 Å². The molecule has 1 N–H and O–H groups in total. The lowest BCUT2D eigenvalue weighted by atomic mass is 9.85. The third-order valence-electron chi connectivity index (χ3n) is 8.05. The molecule has 1 atom stereocenters. The number of ether oxygens (including phenoxy) is 1. The van der Waals surface area contributed by atoms with E-state index in [1.807, 2.05) is 96.8 Å². The maximum atomic E-state index is 14.0. The van der Waals surface area contributed by atoms with E-state index in [1.54, 1.807) is 12.0 Å². The Morgan fingerprint density at radius 3 is 2.17 bits per heavy atom. The van der Waals surface area contributed by atoms with Gasteiger partial charge in [0, 0.05) is 18.8 Å². The number of nitrogens with one attached hydrogen (secondary N) is 1. The van der Waals surface area contributed by atoms with Crippen molar-refractivity contribution in [2.45, 2.75) is 37.8 Å². The molecule has 2 aliphatic heterocycles. The Morgan fingerprint density at radius 1 is 0.925 bits per heavy atom. The Bertz CT molecular complexity index is 1320. The van der Waals surface area contributed by atoms with Crippen LogP contribution in [0.2, 0.25) is 0 Å². The first-order valence-electron chi connectivity index (χ1n) is 13.8. The van der Waals surface area contributed by atoms with E-state index in [2.05, 4.69) is 10.2 Å². The predicted molar refractivity (Wildman–Crippen MR) is 154 cm³/mol. The van der Waals surface area contributed by atoms with Crippen LogP contribution in [-0.2, 0) is 20.8 Å². The second kappa shape index (κ2) is 11.8. The number of benzene rings is 3. The van der Waals surface area contributed by atoms with Crippen LogP contribution >= 0.6 is 0 Å². The summed E-state index contributed by atoms with van der Waals surface area (Å²) in [4.78, 5) is 45.7. The fraction of sp³-hybridized carbons (Fsp3) is 0.344. The van der Waals surface area contributed by atoms with E-state index in [4.69, 9.17) is 4.74 Å². The zero-order valence-electron chi connectivity index (χ0n) is 23.1. The fourth-order valence-corrected chi connectivity index (χ4v) is 5.76. The normalized spacial score (nSPS) is 17.1. The van der Waals surface area contributed by atoms with Gasteiger partial charge in [-0.25, -0.2) is 0 Å². The maximum absolute atomic E-state index is 14.0. The Labute approximate surface area is 235 Å². The molecular weight excluding hydrogens is 504 g/mol. The number of hydrogen-bond acceptors (Lipinski definition) is 5. The summed E-state index contributed by atoms with van der Waals surface area (Å²) < 4.78 is 5.21. The van der Waals surface area contributed by atoms with Gasteiger partial charge in [0.15, 0.2) is 0 Å². The Balaban J connectivity index is 1.27. The number of nitrogens with zero attached hydrogens (tertiary/aromatic N) is 3. The van der Waals surface area contributed by atoms with Crippen LogP contribution < -0.4 is 15.0 Å². The summed E-state index contributed by atoms with van der Waals surface area (Å²) >= 11 is 0. The lowest BCUT2D eigenvalue weighted by Crippen LogP contribution is -2.57. The van der Waals surface area contributed by atoms with E-state index in [1.165, 1.54) is 0 Å². The highest BCUT2D eigenvalue weighted by Gasteiger charge is 2.54. The van der Waals surface area contributed by atoms with Crippen molar-refractivity contribution < 1.29 is 19.1 Å². The molecule has 2 heterocycles. The number of anilines is 1. The van der Waals surface area contributed by atoms with Crippen molar-refractivity contribution in [3.8, 4) is 5.75 Å². The Kier molecular flexibility index (Phi) is 8.05. The third-order valence-corrected chi connectivity index (χ3v) is 8.05. The zero-order valence-corrected chi connectivity index (χ0v) is 23.1. The number of para-hydroxylation sites is 1. The Hall–Kier alpha value is -4.33. The summed E-state index contributed by atoms with van der Waals surface area (Å²) in [5.41, 5.74) is 2.09. The molecule has 1 spiro atoms. The van der Waals surface area contributed by atoms with Crippen LogP contribution in [0.15, 0.2) is 84.9 Å². The molecule has 3 aromatic rings. The summed E-state index contributed by atoms with van der Waals surface area (Å²) in [5.74, 6) is 0.551. The molecule has 3 amide bonds. The number of carbonyl (C=O) groups excluding carboxylic acids is 3. The molecule has 3 aromatic carbocycles. The van der Waals surface area contributed by atoms with Crippen molar-refractivity contribution in [1.82, 2.24) is 15.1 Å². The molecule has 2 aliphatic rings. The minimum absolute atomic E-state index is 0.0127. The van der Waals surface area contributed by atoms with Gasteiger partial charge in [0.25, 0.3) is 5.91 Å². The van der Waals surface area contributed by atoms with Crippen LogP contribution in [0.1, 0.15) is 36.9 Å². The molecule has 2 fully saturated rings. The summed E-state index contributed by atoms with van der Waals surface area (Å²) in [6.45, 7) is 3.22. The van der Waals surface area contributed by atoms with Crippen LogP contribution in [0.25, 0.3) is 0 Å². The Morgan fingerprint density at radius 2 is 1.55 bits per heavy atom. The molecule has 40 heavy (non-hydrogen) atoms. The van der Waals surface area contributed by atoms with Gasteiger partial charge in [0.05, 0.1) is 26.2 Å². The van der Waals surface area contributed by atoms with Gasteiger partial charge in [0.1, 0.15) is 17.8 Å². The highest BCUT2D eigenvalue weighted by Crippen LogP contribution is 2.39. The van der Waals surface area contributed by atoms with Gasteiger partial charge in [-0.05, 0) is 55.2 Å². The van der Waals surface area contributed by atoms with E-state index in [-0.39, 0.29) is 30.3 Å². The van der Waals surface area contributed by atoms with Crippen molar-refractivity contribution in [1.29, 1.82) is 0 Å². The largest absolute Gasteiger partial charge is 0.497 e. The van der Waals surface area contributed by atoms with Crippen LogP contribution in [0.3, 0.4) is 0 Å². The topological polar surface area (TPSA) is 82.2 Å². The molecule has 1 unspecified atom stereocenters. The van der Waals surface area contributed by atoms with Crippen molar-refractivity contribution in [2.75, 3.05) is 38.3 Å². The van der Waals surface area contributed by atoms with Gasteiger partial charge < -0.3 is 24.8 Å². The SMILES string of the molecule is COc1ccc(CC(=O)N2CCC3(CC2)C(=O)N(CC(=O)NC(C)c2ccccc2)CN3c2ccccc2)cc1. The molecular formula is C32H36N4O4. The molecule has 0 bridgehead atoms. The van der Waals surface area contributed by atoms with Gasteiger partial charge in [-0.3, -0.25) is 14.4 Å². The summed E-state index contributed by atoms with van der Waals surface area (Å²) in [6, 6.07) is 27.0. The van der Waals surface area contributed by atoms with Crippen LogP contribution in [0.5, 0.6) is 5.75 Å². The van der Waals surface area contributed by atoms with Gasteiger partial charge in [-0.1, -0.05) is 60.7 Å². The first-order chi connectivity index (χ1) is 19.4. The molecule has 5 rings (SSSR count). The summed E-state index contributed by atoms with van der Waals surface area (Å²) in [7, 11) is 1.62. The monoisotopic (exact) mass is 540 g/mol. The molecule has 0 aromatic heterocycles. The quantitative estimate of drug-likeness (QED) is 0.470. The van der Waals surface area contributed by atoms with E-state index in [0.29, 0.717) is 39.0 Å². The fourth-order valence-electron chi connectivity index (χ4n) is 5.76. The summed E-state index contributed by atoms with van der Waals surface area (Å²) in [6.07, 6.45) is 1.32. The molecule has 8 nitrogen and oxygen atoms in total. The number of carbonyl (C=O) groups is 3. The van der Waals surface area contributed by atoms with Crippen LogP contribution in [-0.4, -0.2) is 66.5 Å². The predicted octanol–water partition coefficient (Wildman–Crippen LogP) is 3.78. The number of hydrogen-bond donors (Lipinski definition) is 1. The number of likely N-dealkylation sites (tertiary alicyclic amines) is 1. The average molecular weight is 541 g/mol. The highest BCUT2D eigenvalue weighted by molar-refractivity contribution is 5.96.